The van der Waals surface area contributed by atoms with Crippen molar-refractivity contribution in [3.8, 4) is 0 Å². The van der Waals surface area contributed by atoms with Crippen LogP contribution in [0.15, 0.2) is 35.1 Å². The highest BCUT2D eigenvalue weighted by molar-refractivity contribution is 6.30. The fourth-order valence-electron chi connectivity index (χ4n) is 4.27. The smallest absolute Gasteiger partial charge is 0.336 e. The third kappa shape index (κ3) is 3.95. The molecule has 4 aromatic rings. The Bertz CT molecular complexity index is 1380. The molecule has 1 saturated heterocycles. The van der Waals surface area contributed by atoms with E-state index < -0.39 is 0 Å². The van der Waals surface area contributed by atoms with Crippen LogP contribution in [0.1, 0.15) is 45.0 Å². The van der Waals surface area contributed by atoms with Gasteiger partial charge < -0.3 is 10.6 Å². The first kappa shape index (κ1) is 21.8. The first-order valence-electron chi connectivity index (χ1n) is 11.1. The van der Waals surface area contributed by atoms with Gasteiger partial charge in [0.1, 0.15) is 5.82 Å². The zero-order chi connectivity index (χ0) is 23.3. The molecule has 0 atom stereocenters. The van der Waals surface area contributed by atoms with Gasteiger partial charge in [0.2, 0.25) is 0 Å². The normalized spacial score (nSPS) is 15.6. The Morgan fingerprint density at radius 2 is 1.76 bits per heavy atom. The monoisotopic (exact) mass is 466 g/mol. The quantitative estimate of drug-likeness (QED) is 0.494. The van der Waals surface area contributed by atoms with Gasteiger partial charge in [0.05, 0.1) is 12.1 Å². The molecule has 0 aliphatic carbocycles. The second-order valence-electron chi connectivity index (χ2n) is 9.69. The Balaban J connectivity index is 1.74. The van der Waals surface area contributed by atoms with E-state index in [1.165, 1.54) is 0 Å². The van der Waals surface area contributed by atoms with Crippen molar-refractivity contribution in [2.45, 2.75) is 51.6 Å². The fourth-order valence-corrected chi connectivity index (χ4v) is 4.40. The van der Waals surface area contributed by atoms with E-state index in [0.717, 1.165) is 37.3 Å². The lowest BCUT2D eigenvalue weighted by Gasteiger charge is -2.30. The summed E-state index contributed by atoms with van der Waals surface area (Å²) in [5, 5.41) is 18.4. The van der Waals surface area contributed by atoms with Crippen LogP contribution in [0, 0.1) is 0 Å². The van der Waals surface area contributed by atoms with Crippen molar-refractivity contribution in [1.82, 2.24) is 29.4 Å². The fraction of sp³-hybridized carbons (Fsp3) is 0.435. The molecule has 0 amide bonds. The lowest BCUT2D eigenvalue weighted by Crippen LogP contribution is -2.40. The lowest BCUT2D eigenvalue weighted by atomic mass is 9.96. The molecule has 33 heavy (non-hydrogen) atoms. The van der Waals surface area contributed by atoms with Crippen molar-refractivity contribution in [2.75, 3.05) is 18.0 Å². The van der Waals surface area contributed by atoms with E-state index in [0.29, 0.717) is 34.1 Å². The van der Waals surface area contributed by atoms with Crippen molar-refractivity contribution >= 4 is 34.1 Å². The van der Waals surface area contributed by atoms with Crippen LogP contribution >= 0.6 is 11.6 Å². The largest absolute Gasteiger partial charge is 0.355 e. The van der Waals surface area contributed by atoms with Gasteiger partial charge in [-0.25, -0.2) is 9.20 Å². The minimum atomic E-state index is -0.371. The van der Waals surface area contributed by atoms with Gasteiger partial charge in [-0.1, -0.05) is 44.5 Å². The number of fused-ring (bicyclic) bond motifs is 3. The number of benzene rings is 1. The molecule has 2 N–H and O–H groups in total. The summed E-state index contributed by atoms with van der Waals surface area (Å²) in [7, 11) is 0. The number of piperidine rings is 1. The summed E-state index contributed by atoms with van der Waals surface area (Å²) >= 11 is 6.07. The number of aromatic nitrogens is 6. The summed E-state index contributed by atoms with van der Waals surface area (Å²) < 4.78 is 3.28. The summed E-state index contributed by atoms with van der Waals surface area (Å²) in [5.74, 6) is 1.32. The van der Waals surface area contributed by atoms with Crippen LogP contribution in [-0.2, 0) is 12.0 Å². The van der Waals surface area contributed by atoms with Gasteiger partial charge in [-0.15, -0.1) is 20.4 Å². The molecule has 0 radical (unpaired) electrons. The maximum Gasteiger partial charge on any atom is 0.336 e. The molecule has 4 heterocycles. The zero-order valence-corrected chi connectivity index (χ0v) is 19.7. The van der Waals surface area contributed by atoms with Crippen molar-refractivity contribution in [3.05, 3.63) is 57.2 Å². The second-order valence-corrected chi connectivity index (χ2v) is 10.1. The Labute approximate surface area is 196 Å². The number of hydrogen-bond donors (Lipinski definition) is 1. The van der Waals surface area contributed by atoms with Crippen LogP contribution in [0.4, 0.5) is 5.82 Å². The number of halogens is 1. The van der Waals surface area contributed by atoms with Gasteiger partial charge >= 0.3 is 5.69 Å². The first-order chi connectivity index (χ1) is 15.7. The van der Waals surface area contributed by atoms with Gasteiger partial charge in [-0.05, 0) is 30.5 Å². The molecule has 1 fully saturated rings. The average molecular weight is 467 g/mol. The zero-order valence-electron chi connectivity index (χ0n) is 19.0. The molecule has 1 aromatic carbocycles. The first-order valence-corrected chi connectivity index (χ1v) is 11.5. The van der Waals surface area contributed by atoms with E-state index in [9.17, 15) is 4.79 Å². The second kappa shape index (κ2) is 8.07. The molecule has 9 nitrogen and oxygen atoms in total. The molecule has 1 aliphatic rings. The summed E-state index contributed by atoms with van der Waals surface area (Å²) in [6, 6.07) is 9.63. The topological polar surface area (TPSA) is 107 Å². The van der Waals surface area contributed by atoms with Gasteiger partial charge in [0, 0.05) is 35.6 Å². The molecular weight excluding hydrogens is 440 g/mol. The Morgan fingerprint density at radius 3 is 2.42 bits per heavy atom. The Hall–Kier alpha value is -3.04. The molecule has 5 rings (SSSR count). The lowest BCUT2D eigenvalue weighted by molar-refractivity contribution is 0.497. The predicted molar refractivity (Wildman–Crippen MR) is 129 cm³/mol. The third-order valence-electron chi connectivity index (χ3n) is 6.14. The molecular formula is C23H27ClN8O. The van der Waals surface area contributed by atoms with Crippen LogP contribution in [0.2, 0.25) is 5.02 Å². The number of nitrogens with zero attached hydrogens (tertiary/aromatic N) is 7. The molecule has 0 bridgehead atoms. The van der Waals surface area contributed by atoms with Crippen LogP contribution in [0.25, 0.3) is 16.7 Å². The summed E-state index contributed by atoms with van der Waals surface area (Å²) in [6.45, 7) is 8.00. The standard InChI is InChI=1S/C23H27ClN8O/c1-23(2,3)21-29-28-20-19-17(12-18(26-27-19)30-10-8-16(25)9-11-30)31(22(33)32(20)21)13-14-4-6-15(24)7-5-14/h4-7,12,16H,8-11,13,25H2,1-3H3. The maximum absolute atomic E-state index is 13.8. The highest BCUT2D eigenvalue weighted by atomic mass is 35.5. The molecule has 1 aliphatic heterocycles. The van der Waals surface area contributed by atoms with Gasteiger partial charge in [0.15, 0.2) is 17.0 Å². The molecule has 3 aromatic heterocycles. The molecule has 0 spiro atoms. The van der Waals surface area contributed by atoms with E-state index in [1.807, 2.05) is 51.1 Å². The average Bonchev–Trinajstić information content (AvgIpc) is 3.24. The van der Waals surface area contributed by atoms with Gasteiger partial charge in [0.25, 0.3) is 0 Å². The minimum Gasteiger partial charge on any atom is -0.355 e. The number of anilines is 1. The Kier molecular flexibility index (Phi) is 5.33. The van der Waals surface area contributed by atoms with Gasteiger partial charge in [-0.2, -0.15) is 0 Å². The predicted octanol–water partition coefficient (Wildman–Crippen LogP) is 2.76. The molecule has 10 heteroatoms. The number of rotatable bonds is 3. The van der Waals surface area contributed by atoms with Crippen molar-refractivity contribution < 1.29 is 0 Å². The van der Waals surface area contributed by atoms with Crippen LogP contribution in [0.3, 0.4) is 0 Å². The minimum absolute atomic E-state index is 0.206. The van der Waals surface area contributed by atoms with Crippen LogP contribution < -0.4 is 16.3 Å². The Morgan fingerprint density at radius 1 is 1.06 bits per heavy atom. The molecule has 0 unspecified atom stereocenters. The van der Waals surface area contributed by atoms with E-state index in [2.05, 4.69) is 25.3 Å². The van der Waals surface area contributed by atoms with Gasteiger partial charge in [-0.3, -0.25) is 4.57 Å². The summed E-state index contributed by atoms with van der Waals surface area (Å²) in [5.41, 5.74) is 8.09. The SMILES string of the molecule is CC(C)(C)c1nnc2c3nnc(N4CCC(N)CC4)cc3n(Cc3ccc(Cl)cc3)c(=O)n12. The van der Waals surface area contributed by atoms with Crippen LogP contribution in [0.5, 0.6) is 0 Å². The number of nitrogens with two attached hydrogens (primary N) is 1. The summed E-state index contributed by atoms with van der Waals surface area (Å²) in [6.07, 6.45) is 1.80. The third-order valence-corrected chi connectivity index (χ3v) is 6.39. The van der Waals surface area contributed by atoms with E-state index in [-0.39, 0.29) is 17.1 Å². The van der Waals surface area contributed by atoms with Crippen molar-refractivity contribution in [3.63, 3.8) is 0 Å². The highest BCUT2D eigenvalue weighted by Gasteiger charge is 2.26. The summed E-state index contributed by atoms with van der Waals surface area (Å²) in [4.78, 5) is 16.0. The number of hydrogen-bond acceptors (Lipinski definition) is 7. The molecule has 0 saturated carbocycles. The van der Waals surface area contributed by atoms with E-state index in [4.69, 9.17) is 17.3 Å². The van der Waals surface area contributed by atoms with Crippen molar-refractivity contribution in [2.24, 2.45) is 5.73 Å². The van der Waals surface area contributed by atoms with Crippen molar-refractivity contribution in [1.29, 1.82) is 0 Å². The maximum atomic E-state index is 13.8. The molecule has 172 valence electrons. The van der Waals surface area contributed by atoms with E-state index >= 15 is 0 Å². The van der Waals surface area contributed by atoms with Crippen LogP contribution in [-0.4, -0.2) is 48.5 Å². The van der Waals surface area contributed by atoms with E-state index in [1.54, 1.807) is 8.97 Å². The highest BCUT2D eigenvalue weighted by Crippen LogP contribution is 2.26.